The lowest BCUT2D eigenvalue weighted by Gasteiger charge is -2.46. The molecule has 2 unspecified atom stereocenters. The van der Waals surface area contributed by atoms with Crippen LogP contribution < -0.4 is 0 Å². The van der Waals surface area contributed by atoms with E-state index < -0.39 is 0 Å². The Morgan fingerprint density at radius 3 is 2.60 bits per heavy atom. The monoisotopic (exact) mass is 208 g/mol. The van der Waals surface area contributed by atoms with Gasteiger partial charge in [-0.3, -0.25) is 0 Å². The van der Waals surface area contributed by atoms with E-state index in [-0.39, 0.29) is 6.10 Å². The molecule has 0 aromatic rings. The van der Waals surface area contributed by atoms with Crippen molar-refractivity contribution in [1.29, 1.82) is 0 Å². The Balaban J connectivity index is 2.25. The molecule has 15 heavy (non-hydrogen) atoms. The summed E-state index contributed by atoms with van der Waals surface area (Å²) in [6, 6.07) is 0. The maximum atomic E-state index is 10.2. The average Bonchev–Trinajstić information content (AvgIpc) is 2.23. The van der Waals surface area contributed by atoms with Crippen LogP contribution in [0.3, 0.4) is 0 Å². The molecule has 2 aliphatic rings. The first-order chi connectivity index (χ1) is 7.15. The van der Waals surface area contributed by atoms with Crippen LogP contribution in [0.4, 0.5) is 0 Å². The van der Waals surface area contributed by atoms with Gasteiger partial charge in [-0.2, -0.15) is 0 Å². The van der Waals surface area contributed by atoms with Crippen molar-refractivity contribution in [1.82, 2.24) is 0 Å². The zero-order valence-corrected chi connectivity index (χ0v) is 10.2. The maximum absolute atomic E-state index is 10.2. The molecule has 1 heteroatoms. The number of hydrogen-bond acceptors (Lipinski definition) is 1. The van der Waals surface area contributed by atoms with Crippen LogP contribution in [0.15, 0.2) is 12.2 Å². The lowest BCUT2D eigenvalue weighted by Crippen LogP contribution is -2.44. The summed E-state index contributed by atoms with van der Waals surface area (Å²) >= 11 is 0. The van der Waals surface area contributed by atoms with E-state index in [0.29, 0.717) is 23.7 Å². The van der Waals surface area contributed by atoms with Gasteiger partial charge in [0.15, 0.2) is 0 Å². The van der Waals surface area contributed by atoms with Crippen LogP contribution in [0, 0.1) is 29.6 Å². The van der Waals surface area contributed by atoms with Crippen molar-refractivity contribution in [3.05, 3.63) is 12.2 Å². The fraction of sp³-hybridized carbons (Fsp3) is 0.857. The molecule has 86 valence electrons. The summed E-state index contributed by atoms with van der Waals surface area (Å²) in [4.78, 5) is 0. The van der Waals surface area contributed by atoms with Gasteiger partial charge >= 0.3 is 0 Å². The highest BCUT2D eigenvalue weighted by Gasteiger charge is 2.42. The predicted molar refractivity (Wildman–Crippen MR) is 63.5 cm³/mol. The fourth-order valence-electron chi connectivity index (χ4n) is 3.78. The second-order valence-electron chi connectivity index (χ2n) is 5.59. The van der Waals surface area contributed by atoms with Crippen molar-refractivity contribution < 1.29 is 5.11 Å². The molecule has 0 heterocycles. The van der Waals surface area contributed by atoms with Crippen LogP contribution in [0.2, 0.25) is 0 Å². The largest absolute Gasteiger partial charge is 0.393 e. The van der Waals surface area contributed by atoms with Gasteiger partial charge in [0, 0.05) is 0 Å². The molecule has 1 saturated carbocycles. The first kappa shape index (κ1) is 11.2. The van der Waals surface area contributed by atoms with E-state index in [1.54, 1.807) is 0 Å². The molecule has 1 fully saturated rings. The molecule has 0 amide bonds. The molecule has 0 aliphatic heterocycles. The molecule has 1 nitrogen and oxygen atoms in total. The third-order valence-corrected chi connectivity index (χ3v) is 4.74. The predicted octanol–water partition coefficient (Wildman–Crippen LogP) is 3.24. The third-order valence-electron chi connectivity index (χ3n) is 4.74. The molecular formula is C14H24O. The fourth-order valence-corrected chi connectivity index (χ4v) is 3.78. The SMILES string of the molecule is CC[C@@H]1[C@@H]2C(C=C[C@@H]1C)C(C)CC[C@@H]2O. The first-order valence-electron chi connectivity index (χ1n) is 6.51. The van der Waals surface area contributed by atoms with Crippen molar-refractivity contribution >= 4 is 0 Å². The number of aliphatic hydroxyl groups excluding tert-OH is 1. The molecule has 1 N–H and O–H groups in total. The van der Waals surface area contributed by atoms with Gasteiger partial charge in [-0.25, -0.2) is 0 Å². The molecular weight excluding hydrogens is 184 g/mol. The minimum absolute atomic E-state index is 0.0523. The van der Waals surface area contributed by atoms with E-state index in [9.17, 15) is 5.11 Å². The van der Waals surface area contributed by atoms with Gasteiger partial charge in [-0.05, 0) is 42.4 Å². The molecule has 0 saturated heterocycles. The second kappa shape index (κ2) is 4.29. The molecule has 2 rings (SSSR count). The van der Waals surface area contributed by atoms with Gasteiger partial charge in [0.05, 0.1) is 6.10 Å². The van der Waals surface area contributed by atoms with Crippen LogP contribution in [-0.2, 0) is 0 Å². The Morgan fingerprint density at radius 2 is 1.93 bits per heavy atom. The van der Waals surface area contributed by atoms with Crippen molar-refractivity contribution in [2.24, 2.45) is 29.6 Å². The van der Waals surface area contributed by atoms with E-state index in [1.165, 1.54) is 12.8 Å². The second-order valence-corrected chi connectivity index (χ2v) is 5.59. The number of fused-ring (bicyclic) bond motifs is 1. The molecule has 0 radical (unpaired) electrons. The van der Waals surface area contributed by atoms with Gasteiger partial charge in [0.2, 0.25) is 0 Å². The van der Waals surface area contributed by atoms with Gasteiger partial charge in [0.25, 0.3) is 0 Å². The quantitative estimate of drug-likeness (QED) is 0.656. The summed E-state index contributed by atoms with van der Waals surface area (Å²) in [6.45, 7) is 6.91. The molecule has 6 atom stereocenters. The lowest BCUT2D eigenvalue weighted by atomic mass is 9.60. The van der Waals surface area contributed by atoms with Crippen LogP contribution in [0.5, 0.6) is 0 Å². The highest BCUT2D eigenvalue weighted by molar-refractivity contribution is 5.08. The number of hydrogen-bond donors (Lipinski definition) is 1. The number of rotatable bonds is 1. The van der Waals surface area contributed by atoms with Gasteiger partial charge in [-0.1, -0.05) is 39.3 Å². The Kier molecular flexibility index (Phi) is 3.20. The third kappa shape index (κ3) is 1.87. The number of aliphatic hydroxyl groups is 1. The molecule has 2 aliphatic carbocycles. The maximum Gasteiger partial charge on any atom is 0.0577 e. The van der Waals surface area contributed by atoms with Gasteiger partial charge in [0.1, 0.15) is 0 Å². The summed E-state index contributed by atoms with van der Waals surface area (Å²) in [7, 11) is 0. The van der Waals surface area contributed by atoms with E-state index in [0.717, 1.165) is 12.3 Å². The Bertz CT molecular complexity index is 246. The molecule has 0 aromatic carbocycles. The molecule has 0 bridgehead atoms. The van der Waals surface area contributed by atoms with Gasteiger partial charge in [-0.15, -0.1) is 0 Å². The number of allylic oxidation sites excluding steroid dienone is 2. The highest BCUT2D eigenvalue weighted by atomic mass is 16.3. The standard InChI is InChI=1S/C14H24O/c1-4-11-9(2)5-7-12-10(3)6-8-13(15)14(11)12/h5,7,9-15H,4,6,8H2,1-3H3/t9-,10?,11-,12?,13-,14+/m0/s1. The highest BCUT2D eigenvalue weighted by Crippen LogP contribution is 2.46. The van der Waals surface area contributed by atoms with Crippen LogP contribution in [0.1, 0.15) is 40.0 Å². The van der Waals surface area contributed by atoms with Crippen LogP contribution >= 0.6 is 0 Å². The minimum Gasteiger partial charge on any atom is -0.393 e. The minimum atomic E-state index is -0.0523. The topological polar surface area (TPSA) is 20.2 Å². The van der Waals surface area contributed by atoms with Crippen LogP contribution in [-0.4, -0.2) is 11.2 Å². The Morgan fingerprint density at radius 1 is 1.20 bits per heavy atom. The summed E-state index contributed by atoms with van der Waals surface area (Å²) in [6.07, 6.45) is 8.12. The Labute approximate surface area is 93.6 Å². The smallest absolute Gasteiger partial charge is 0.0577 e. The molecule has 0 aromatic heterocycles. The first-order valence-corrected chi connectivity index (χ1v) is 6.51. The summed E-state index contributed by atoms with van der Waals surface area (Å²) in [5, 5.41) is 10.2. The Hall–Kier alpha value is -0.300. The summed E-state index contributed by atoms with van der Waals surface area (Å²) < 4.78 is 0. The molecule has 0 spiro atoms. The van der Waals surface area contributed by atoms with Crippen molar-refractivity contribution in [3.8, 4) is 0 Å². The normalized spacial score (nSPS) is 50.1. The average molecular weight is 208 g/mol. The van der Waals surface area contributed by atoms with E-state index in [2.05, 4.69) is 32.9 Å². The van der Waals surface area contributed by atoms with Gasteiger partial charge < -0.3 is 5.11 Å². The summed E-state index contributed by atoms with van der Waals surface area (Å²) in [5.74, 6) is 3.26. The van der Waals surface area contributed by atoms with E-state index in [4.69, 9.17) is 0 Å². The van der Waals surface area contributed by atoms with Crippen molar-refractivity contribution in [2.75, 3.05) is 0 Å². The van der Waals surface area contributed by atoms with Crippen LogP contribution in [0.25, 0.3) is 0 Å². The summed E-state index contributed by atoms with van der Waals surface area (Å²) in [5.41, 5.74) is 0. The van der Waals surface area contributed by atoms with E-state index >= 15 is 0 Å². The lowest BCUT2D eigenvalue weighted by molar-refractivity contribution is -0.0245. The van der Waals surface area contributed by atoms with E-state index in [1.807, 2.05) is 0 Å². The zero-order chi connectivity index (χ0) is 11.0. The zero-order valence-electron chi connectivity index (χ0n) is 10.2. The van der Waals surface area contributed by atoms with Crippen molar-refractivity contribution in [2.45, 2.75) is 46.1 Å². The van der Waals surface area contributed by atoms with Crippen molar-refractivity contribution in [3.63, 3.8) is 0 Å².